The molecule has 4 aliphatic heterocycles. The number of carbonyl (C=O) groups is 8. The van der Waals surface area contributed by atoms with Crippen molar-refractivity contribution < 1.29 is 113 Å². The lowest BCUT2D eigenvalue weighted by atomic mass is 9.92. The fourth-order valence-electron chi connectivity index (χ4n) is 20.4. The number of aliphatic hydroxyl groups excluding tert-OH is 4. The molecule has 12 N–H and O–H groups in total. The molecule has 4 aromatic carbocycles. The zero-order valence-corrected chi connectivity index (χ0v) is 85.1. The van der Waals surface area contributed by atoms with E-state index in [2.05, 4.69) is 82.4 Å². The van der Waals surface area contributed by atoms with Crippen molar-refractivity contribution in [3.05, 3.63) is 120 Å². The van der Waals surface area contributed by atoms with Crippen LogP contribution in [0.2, 0.25) is 0 Å². The number of carbonyl (C=O) groups excluding carboxylic acids is 8. The van der Waals surface area contributed by atoms with Crippen molar-refractivity contribution in [1.82, 2.24) is 61.1 Å². The van der Waals surface area contributed by atoms with E-state index in [1.807, 2.05) is 0 Å². The lowest BCUT2D eigenvalue weighted by Crippen LogP contribution is -2.48. The molecule has 48 heteroatoms. The maximum absolute atomic E-state index is 14.8. The monoisotopic (exact) mass is 2100 g/mol. The molecule has 8 amide bonds. The van der Waals surface area contributed by atoms with Gasteiger partial charge in [-0.1, -0.05) is 77.0 Å². The van der Waals surface area contributed by atoms with Crippen LogP contribution in [-0.4, -0.2) is 288 Å². The van der Waals surface area contributed by atoms with E-state index in [9.17, 15) is 93.9 Å². The Kier molecular flexibility index (Phi) is 34.7. The molecular weight excluding hydrogens is 1970 g/mol. The summed E-state index contributed by atoms with van der Waals surface area (Å²) in [5.41, 5.74) is 4.13. The third-order valence-electron chi connectivity index (χ3n) is 28.6. The van der Waals surface area contributed by atoms with E-state index in [1.165, 1.54) is 103 Å². The van der Waals surface area contributed by atoms with E-state index in [0.29, 0.717) is 80.8 Å². The van der Waals surface area contributed by atoms with E-state index in [0.717, 1.165) is 161 Å². The number of hydrogen-bond donors (Lipinski definition) is 12. The van der Waals surface area contributed by atoms with Crippen LogP contribution in [0, 0.1) is 0 Å². The van der Waals surface area contributed by atoms with Gasteiger partial charge in [-0.2, -0.15) is 55.1 Å². The zero-order valence-electron chi connectivity index (χ0n) is 85.1. The molecule has 40 nitrogen and oxygen atoms in total. The Morgan fingerprint density at radius 1 is 0.347 bits per heavy atom. The first-order valence-electron chi connectivity index (χ1n) is 50.5. The third-order valence-corrected chi connectivity index (χ3v) is 28.6. The predicted octanol–water partition coefficient (Wildman–Crippen LogP) is 12.6. The Morgan fingerprint density at radius 3 is 0.773 bits per heavy atom. The molecule has 2 unspecified atom stereocenters. The van der Waals surface area contributed by atoms with Crippen LogP contribution in [0.5, 0.6) is 23.0 Å². The first-order valence-corrected chi connectivity index (χ1v) is 50.5. The van der Waals surface area contributed by atoms with Crippen LogP contribution in [0.15, 0.2) is 97.6 Å². The van der Waals surface area contributed by atoms with E-state index in [4.69, 9.17) is 18.9 Å². The highest BCUT2D eigenvalue weighted by Gasteiger charge is 2.54. The first-order chi connectivity index (χ1) is 71.6. The number of hydrogen-bond acceptors (Lipinski definition) is 32. The van der Waals surface area contributed by atoms with Gasteiger partial charge < -0.3 is 121 Å². The van der Waals surface area contributed by atoms with Crippen molar-refractivity contribution in [2.75, 3.05) is 156 Å². The lowest BCUT2D eigenvalue weighted by Gasteiger charge is -2.31. The van der Waals surface area contributed by atoms with Crippen molar-refractivity contribution >= 4 is 140 Å². The summed E-state index contributed by atoms with van der Waals surface area (Å²) in [5, 5.41) is 62.4. The smallest absolute Gasteiger partial charge is 0.342 e. The van der Waals surface area contributed by atoms with Crippen LogP contribution in [0.1, 0.15) is 209 Å². The van der Waals surface area contributed by atoms with Gasteiger partial charge in [0.25, 0.3) is 47.3 Å². The summed E-state index contributed by atoms with van der Waals surface area (Å²) in [5.74, 6) is -17.7. The molecule has 0 radical (unpaired) electrons. The molecule has 18 rings (SSSR count). The highest BCUT2D eigenvalue weighted by molar-refractivity contribution is 6.06. The van der Waals surface area contributed by atoms with Gasteiger partial charge in [0.15, 0.2) is 23.3 Å². The number of fused-ring (bicyclic) bond motifs is 4. The summed E-state index contributed by atoms with van der Waals surface area (Å²) < 4.78 is 140. The molecule has 0 spiro atoms. The number of nitrogens with one attached hydrogen (secondary N) is 8. The summed E-state index contributed by atoms with van der Waals surface area (Å²) in [7, 11) is 11.0. The van der Waals surface area contributed by atoms with Crippen LogP contribution in [0.3, 0.4) is 0 Å². The van der Waals surface area contributed by atoms with Crippen LogP contribution in [-0.2, 0) is 19.2 Å². The number of nitrogens with zero attached hydrogens (tertiary/aromatic N) is 16. The van der Waals surface area contributed by atoms with E-state index >= 15 is 0 Å². The second-order valence-corrected chi connectivity index (χ2v) is 39.3. The summed E-state index contributed by atoms with van der Waals surface area (Å²) >= 11 is 0. The second kappa shape index (κ2) is 47.4. The van der Waals surface area contributed by atoms with Crippen LogP contribution in [0.25, 0.3) is 0 Å². The molecule has 8 heterocycles. The Balaban J connectivity index is 0.000000150. The number of aliphatic hydroxyl groups is 4. The largest absolute Gasteiger partial charge is 0.495 e. The maximum atomic E-state index is 14.8. The van der Waals surface area contributed by atoms with Gasteiger partial charge in [-0.25, -0.2) is 19.9 Å². The predicted molar refractivity (Wildman–Crippen MR) is 545 cm³/mol. The normalized spacial score (nSPS) is 20.9. The fourth-order valence-corrected chi connectivity index (χ4v) is 20.4. The molecule has 10 aliphatic rings. The zero-order chi connectivity index (χ0) is 108. The van der Waals surface area contributed by atoms with Crippen molar-refractivity contribution in [2.24, 2.45) is 0 Å². The number of ether oxygens (including phenoxy) is 4. The van der Waals surface area contributed by atoms with Crippen LogP contribution >= 0.6 is 0 Å². The molecule has 4 aromatic heterocycles. The van der Waals surface area contributed by atoms with Crippen molar-refractivity contribution in [2.45, 2.75) is 252 Å². The van der Waals surface area contributed by atoms with Crippen molar-refractivity contribution in [1.29, 1.82) is 0 Å². The Bertz CT molecular complexity index is 5850. The number of alkyl halides is 8. The molecule has 6 atom stereocenters. The molecule has 6 saturated carbocycles. The molecule has 6 aliphatic carbocycles. The summed E-state index contributed by atoms with van der Waals surface area (Å²) in [6.45, 7) is 0.372. The van der Waals surface area contributed by atoms with Crippen LogP contribution < -0.4 is 101 Å². The minimum atomic E-state index is -3.56. The molecular formula is C102H128F8N24O16. The molecule has 0 bridgehead atoms. The number of halogens is 8. The minimum Gasteiger partial charge on any atom is -0.495 e. The van der Waals surface area contributed by atoms with Gasteiger partial charge in [-0.05, 0) is 164 Å². The van der Waals surface area contributed by atoms with E-state index in [1.54, 1.807) is 84.3 Å². The third kappa shape index (κ3) is 25.2. The quantitative estimate of drug-likeness (QED) is 0.0224. The summed E-state index contributed by atoms with van der Waals surface area (Å²) in [6, 6.07) is 18.0. The standard InChI is InChI=1S/2C27H34F2N6O4.2C24H30F2N6O4/c2*1-34-20-14-30-26(33-23(20)35(17-7-3-4-8-17)15-27(28,29)25(34)38)32-19-12-11-16(13-22(19)39-2)24(37)31-18-9-5-6-10-21(18)36;2*1-14(33)11-27-21(34)15-8-9-17(19(10-15)36-3)29-23-28-12-18-20(30-23)32(16-6-4-5-7-16)13-24(25,26)22(35)31(18)2/h2*11-14,17-18,21,36H,3-10,15H2,1-2H3,(H,31,37)(H,30,32,33);2*8-10,12,14,16,33H,4-7,11,13H2,1-3H3,(H,27,34)(H,28,29,30)/t2*18?,21-;2*14-/m1010/s1. The summed E-state index contributed by atoms with van der Waals surface area (Å²) in [6.07, 6.45) is 22.9. The molecule has 150 heavy (non-hydrogen) atoms. The first kappa shape index (κ1) is 110. The number of aromatic nitrogens is 8. The molecule has 6 fully saturated rings. The maximum Gasteiger partial charge on any atom is 0.342 e. The fraction of sp³-hybridized carbons (Fsp3) is 0.529. The highest BCUT2D eigenvalue weighted by atomic mass is 19.3. The highest BCUT2D eigenvalue weighted by Crippen LogP contribution is 2.48. The molecule has 8 aromatic rings. The van der Waals surface area contributed by atoms with E-state index in [-0.39, 0.29) is 143 Å². The SMILES string of the molecule is COc1cc(C(=O)NC2CCCC[C@@H]2O)ccc1Nc1ncc2c(n1)N(C1CCCC1)CC(F)(F)C(=O)N2C.COc1cc(C(=O)NC2CCCC[C@H]2O)ccc1Nc1ncc2c(n1)N(C1CCCC1)CC(F)(F)C(=O)N2C.COc1cc(C(=O)NC[C@@H](C)O)ccc1Nc1ncc2c(n1)N(C1CCCC1)CC(F)(F)C(=O)N2C.COc1cc(C(=O)NC[C@H](C)O)ccc1Nc1ncc2c(n1)N(C1CCCC1)CC(F)(F)C(=O)N2C. The van der Waals surface area contributed by atoms with Crippen molar-refractivity contribution in [3.8, 4) is 23.0 Å². The van der Waals surface area contributed by atoms with Gasteiger partial charge >= 0.3 is 23.7 Å². The Morgan fingerprint density at radius 2 is 0.560 bits per heavy atom. The molecule has 808 valence electrons. The average Bonchev–Trinajstić information content (AvgIpc) is 1.63. The Hall–Kier alpha value is -14.2. The van der Waals surface area contributed by atoms with Gasteiger partial charge in [-0.15, -0.1) is 0 Å². The number of anilines is 16. The number of benzene rings is 4. The second-order valence-electron chi connectivity index (χ2n) is 39.3. The van der Waals surface area contributed by atoms with Gasteiger partial charge in [0.1, 0.15) is 45.7 Å². The van der Waals surface area contributed by atoms with Crippen molar-refractivity contribution in [3.63, 3.8) is 0 Å². The number of methoxy groups -OCH3 is 4. The van der Waals surface area contributed by atoms with Crippen LogP contribution in [0.4, 0.5) is 128 Å². The Labute approximate surface area is 861 Å². The summed E-state index contributed by atoms with van der Waals surface area (Å²) in [4.78, 5) is 145. The number of amides is 8. The lowest BCUT2D eigenvalue weighted by molar-refractivity contribution is -0.141. The number of rotatable bonds is 26. The van der Waals surface area contributed by atoms with Gasteiger partial charge in [-0.3, -0.25) is 38.4 Å². The van der Waals surface area contributed by atoms with Gasteiger partial charge in [0, 0.05) is 87.7 Å². The van der Waals surface area contributed by atoms with Gasteiger partial charge in [0.2, 0.25) is 23.8 Å². The van der Waals surface area contributed by atoms with E-state index < -0.39 is 97.9 Å². The molecule has 0 saturated heterocycles. The topological polar surface area (TPSA) is 480 Å². The van der Waals surface area contributed by atoms with Gasteiger partial charge in [0.05, 0.1) is 139 Å². The minimum absolute atomic E-state index is 0.109. The average molecular weight is 2100 g/mol.